The molecule has 4 nitrogen and oxygen atoms in total. The van der Waals surface area contributed by atoms with Crippen LogP contribution < -0.4 is 0 Å². The van der Waals surface area contributed by atoms with E-state index in [2.05, 4.69) is 36.9 Å². The van der Waals surface area contributed by atoms with Crippen LogP contribution in [0.4, 0.5) is 0 Å². The van der Waals surface area contributed by atoms with E-state index in [0.717, 1.165) is 40.7 Å². The molecule has 1 amide bonds. The molecular weight excluding hydrogens is 342 g/mol. The Kier molecular flexibility index (Phi) is 4.84. The third kappa shape index (κ3) is 3.30. The number of carbonyl (C=O) groups excluding carboxylic acids is 1. The molecular formula is C21H27N3OS. The van der Waals surface area contributed by atoms with Crippen LogP contribution in [0.1, 0.15) is 45.8 Å². The fourth-order valence-electron chi connectivity index (χ4n) is 4.24. The molecule has 4 rings (SSSR count). The zero-order chi connectivity index (χ0) is 18.3. The average molecular weight is 370 g/mol. The van der Waals surface area contributed by atoms with Crippen molar-refractivity contribution in [3.8, 4) is 10.6 Å². The molecule has 5 heteroatoms. The molecule has 2 fully saturated rings. The third-order valence-electron chi connectivity index (χ3n) is 5.71. The number of aryl methyl sites for hydroxylation is 3. The van der Waals surface area contributed by atoms with Gasteiger partial charge in [-0.05, 0) is 58.7 Å². The molecule has 0 radical (unpaired) electrons. The SMILES string of the molecule is Cc1ccc(-c2nc(C)c(C(=O)N3CCC(N4CCCC4)C3)s2)c(C)c1. The molecule has 0 aliphatic carbocycles. The number of amides is 1. The van der Waals surface area contributed by atoms with Crippen LogP contribution in [0.15, 0.2) is 18.2 Å². The third-order valence-corrected chi connectivity index (χ3v) is 6.89. The smallest absolute Gasteiger partial charge is 0.265 e. The first-order chi connectivity index (χ1) is 12.5. The first-order valence-corrected chi connectivity index (χ1v) is 10.4. The Bertz CT molecular complexity index is 823. The normalized spacial score (nSPS) is 20.9. The number of carbonyl (C=O) groups is 1. The lowest BCUT2D eigenvalue weighted by molar-refractivity contribution is 0.0784. The van der Waals surface area contributed by atoms with Crippen LogP contribution in [0.2, 0.25) is 0 Å². The van der Waals surface area contributed by atoms with Gasteiger partial charge in [-0.15, -0.1) is 11.3 Å². The molecule has 1 atom stereocenters. The lowest BCUT2D eigenvalue weighted by Gasteiger charge is -2.23. The number of hydrogen-bond acceptors (Lipinski definition) is 4. The second-order valence-electron chi connectivity index (χ2n) is 7.69. The summed E-state index contributed by atoms with van der Waals surface area (Å²) in [5.41, 5.74) is 4.47. The minimum Gasteiger partial charge on any atom is -0.336 e. The van der Waals surface area contributed by atoms with E-state index in [-0.39, 0.29) is 5.91 Å². The van der Waals surface area contributed by atoms with Crippen LogP contribution in [0.5, 0.6) is 0 Å². The van der Waals surface area contributed by atoms with Gasteiger partial charge in [0.1, 0.15) is 9.88 Å². The first-order valence-electron chi connectivity index (χ1n) is 9.61. The maximum absolute atomic E-state index is 13.1. The fraction of sp³-hybridized carbons (Fsp3) is 0.524. The van der Waals surface area contributed by atoms with E-state index >= 15 is 0 Å². The second kappa shape index (κ2) is 7.12. The van der Waals surface area contributed by atoms with Gasteiger partial charge in [0.15, 0.2) is 0 Å². The summed E-state index contributed by atoms with van der Waals surface area (Å²) in [6.45, 7) is 10.3. The summed E-state index contributed by atoms with van der Waals surface area (Å²) in [7, 11) is 0. The summed E-state index contributed by atoms with van der Waals surface area (Å²) in [5.74, 6) is 0.165. The van der Waals surface area contributed by atoms with Crippen LogP contribution in [0.3, 0.4) is 0 Å². The Balaban J connectivity index is 1.53. The maximum Gasteiger partial charge on any atom is 0.265 e. The van der Waals surface area contributed by atoms with Crippen molar-refractivity contribution in [2.75, 3.05) is 26.2 Å². The van der Waals surface area contributed by atoms with Crippen molar-refractivity contribution in [2.24, 2.45) is 0 Å². The van der Waals surface area contributed by atoms with Crippen LogP contribution >= 0.6 is 11.3 Å². The Morgan fingerprint density at radius 3 is 2.65 bits per heavy atom. The number of thiazole rings is 1. The van der Waals surface area contributed by atoms with Gasteiger partial charge < -0.3 is 4.90 Å². The van der Waals surface area contributed by atoms with Gasteiger partial charge >= 0.3 is 0 Å². The van der Waals surface area contributed by atoms with E-state index in [1.807, 2.05) is 11.8 Å². The summed E-state index contributed by atoms with van der Waals surface area (Å²) in [4.78, 5) is 23.2. The molecule has 138 valence electrons. The van der Waals surface area contributed by atoms with Gasteiger partial charge in [-0.25, -0.2) is 4.98 Å². The van der Waals surface area contributed by atoms with Crippen molar-refractivity contribution in [1.82, 2.24) is 14.8 Å². The van der Waals surface area contributed by atoms with E-state index < -0.39 is 0 Å². The van der Waals surface area contributed by atoms with Gasteiger partial charge in [-0.2, -0.15) is 0 Å². The number of rotatable bonds is 3. The van der Waals surface area contributed by atoms with Crippen molar-refractivity contribution >= 4 is 17.2 Å². The fourth-order valence-corrected chi connectivity index (χ4v) is 5.36. The summed E-state index contributed by atoms with van der Waals surface area (Å²) in [5, 5.41) is 0.957. The van der Waals surface area contributed by atoms with E-state index in [9.17, 15) is 4.79 Å². The molecule has 2 aliphatic heterocycles. The minimum absolute atomic E-state index is 0.165. The van der Waals surface area contributed by atoms with Gasteiger partial charge in [0.2, 0.25) is 0 Å². The zero-order valence-electron chi connectivity index (χ0n) is 15.9. The minimum atomic E-state index is 0.165. The van der Waals surface area contributed by atoms with Gasteiger partial charge in [-0.1, -0.05) is 23.8 Å². The van der Waals surface area contributed by atoms with Crippen LogP contribution in [-0.4, -0.2) is 52.9 Å². The highest BCUT2D eigenvalue weighted by atomic mass is 32.1. The quantitative estimate of drug-likeness (QED) is 0.819. The monoisotopic (exact) mass is 369 g/mol. The standard InChI is InChI=1S/C21H27N3OS/c1-14-6-7-18(15(2)12-14)20-22-16(3)19(26-20)21(25)24-11-8-17(13-24)23-9-4-5-10-23/h6-7,12,17H,4-5,8-11,13H2,1-3H3. The van der Waals surface area contributed by atoms with Gasteiger partial charge in [0, 0.05) is 24.7 Å². The van der Waals surface area contributed by atoms with E-state index in [0.29, 0.717) is 6.04 Å². The topological polar surface area (TPSA) is 36.4 Å². The van der Waals surface area contributed by atoms with E-state index in [1.165, 1.54) is 37.1 Å². The molecule has 2 aliphatic rings. The predicted octanol–water partition coefficient (Wildman–Crippen LogP) is 4.05. The highest BCUT2D eigenvalue weighted by Crippen LogP contribution is 2.32. The number of hydrogen-bond donors (Lipinski definition) is 0. The maximum atomic E-state index is 13.1. The Hall–Kier alpha value is -1.72. The zero-order valence-corrected chi connectivity index (χ0v) is 16.7. The number of likely N-dealkylation sites (tertiary alicyclic amines) is 2. The molecule has 0 spiro atoms. The molecule has 26 heavy (non-hydrogen) atoms. The van der Waals surface area contributed by atoms with Crippen LogP contribution in [-0.2, 0) is 0 Å². The lowest BCUT2D eigenvalue weighted by Crippen LogP contribution is -2.37. The molecule has 2 saturated heterocycles. The van der Waals surface area contributed by atoms with Crippen LogP contribution in [0, 0.1) is 20.8 Å². The van der Waals surface area contributed by atoms with Crippen LogP contribution in [0.25, 0.3) is 10.6 Å². The first kappa shape index (κ1) is 17.7. The number of nitrogens with zero attached hydrogens (tertiary/aromatic N) is 3. The predicted molar refractivity (Wildman–Crippen MR) is 107 cm³/mol. The number of benzene rings is 1. The summed E-state index contributed by atoms with van der Waals surface area (Å²) < 4.78 is 0. The summed E-state index contributed by atoms with van der Waals surface area (Å²) in [6, 6.07) is 6.96. The Morgan fingerprint density at radius 2 is 1.92 bits per heavy atom. The Morgan fingerprint density at radius 1 is 1.15 bits per heavy atom. The second-order valence-corrected chi connectivity index (χ2v) is 8.69. The van der Waals surface area contributed by atoms with Crippen molar-refractivity contribution < 1.29 is 4.79 Å². The van der Waals surface area contributed by atoms with Gasteiger partial charge in [-0.3, -0.25) is 9.69 Å². The number of aromatic nitrogens is 1. The molecule has 1 aromatic heterocycles. The Labute approximate surface area is 159 Å². The summed E-state index contributed by atoms with van der Waals surface area (Å²) in [6.07, 6.45) is 3.71. The molecule has 3 heterocycles. The highest BCUT2D eigenvalue weighted by Gasteiger charge is 2.33. The largest absolute Gasteiger partial charge is 0.336 e. The molecule has 1 aromatic carbocycles. The van der Waals surface area contributed by atoms with Crippen molar-refractivity contribution in [2.45, 2.75) is 46.1 Å². The molecule has 0 saturated carbocycles. The van der Waals surface area contributed by atoms with Gasteiger partial charge in [0.05, 0.1) is 5.69 Å². The van der Waals surface area contributed by atoms with Crippen molar-refractivity contribution in [3.63, 3.8) is 0 Å². The van der Waals surface area contributed by atoms with Gasteiger partial charge in [0.25, 0.3) is 5.91 Å². The highest BCUT2D eigenvalue weighted by molar-refractivity contribution is 7.17. The molecule has 2 aromatic rings. The van der Waals surface area contributed by atoms with Crippen molar-refractivity contribution in [1.29, 1.82) is 0 Å². The molecule has 1 unspecified atom stereocenters. The van der Waals surface area contributed by atoms with Crippen molar-refractivity contribution in [3.05, 3.63) is 39.9 Å². The molecule has 0 N–H and O–H groups in total. The summed E-state index contributed by atoms with van der Waals surface area (Å²) >= 11 is 1.55. The van der Waals surface area contributed by atoms with E-state index in [1.54, 1.807) is 11.3 Å². The van der Waals surface area contributed by atoms with E-state index in [4.69, 9.17) is 4.98 Å². The average Bonchev–Trinajstić information content (AvgIpc) is 3.34. The lowest BCUT2D eigenvalue weighted by atomic mass is 10.1. The molecule has 0 bridgehead atoms.